The van der Waals surface area contributed by atoms with Crippen LogP contribution in [-0.2, 0) is 11.3 Å². The summed E-state index contributed by atoms with van der Waals surface area (Å²) in [4.78, 5) is 0. The molecule has 0 aromatic heterocycles. The van der Waals surface area contributed by atoms with Crippen LogP contribution in [0.1, 0.15) is 12.5 Å². The van der Waals surface area contributed by atoms with Gasteiger partial charge in [-0.05, 0) is 12.5 Å². The van der Waals surface area contributed by atoms with E-state index in [0.717, 1.165) is 5.56 Å². The van der Waals surface area contributed by atoms with Gasteiger partial charge in [-0.2, -0.15) is 0 Å². The first kappa shape index (κ1) is 16.0. The molecule has 1 aromatic rings. The third-order valence-electron chi connectivity index (χ3n) is 2.89. The fourth-order valence-corrected chi connectivity index (χ4v) is 1.60. The Hall–Kier alpha value is -1.02. The molecule has 1 aromatic carbocycles. The highest BCUT2D eigenvalue weighted by molar-refractivity contribution is 5.13. The molecule has 0 aliphatic rings. The molecule has 0 bridgehead atoms. The van der Waals surface area contributed by atoms with Crippen molar-refractivity contribution in [3.05, 3.63) is 35.9 Å². The van der Waals surface area contributed by atoms with Gasteiger partial charge >= 0.3 is 0 Å². The molecule has 5 N–H and O–H groups in total. The van der Waals surface area contributed by atoms with E-state index in [0.29, 0.717) is 0 Å². The lowest BCUT2D eigenvalue weighted by atomic mass is 9.99. The number of benzene rings is 1. The van der Waals surface area contributed by atoms with E-state index < -0.39 is 30.7 Å². The molecule has 4 atom stereocenters. The zero-order chi connectivity index (χ0) is 14.5. The number of aliphatic hydroxyl groups is 5. The number of hydrogen-bond acceptors (Lipinski definition) is 6. The molecule has 0 heterocycles. The minimum atomic E-state index is -2.36. The van der Waals surface area contributed by atoms with Crippen LogP contribution in [0.3, 0.4) is 0 Å². The van der Waals surface area contributed by atoms with Gasteiger partial charge in [0, 0.05) is 0 Å². The van der Waals surface area contributed by atoms with Crippen LogP contribution in [-0.4, -0.2) is 56.2 Å². The highest BCUT2D eigenvalue weighted by atomic mass is 16.7. The molecule has 0 spiro atoms. The number of aliphatic hydroxyl groups excluding tert-OH is 4. The van der Waals surface area contributed by atoms with E-state index in [9.17, 15) is 20.4 Å². The zero-order valence-electron chi connectivity index (χ0n) is 10.7. The van der Waals surface area contributed by atoms with Crippen molar-refractivity contribution in [2.24, 2.45) is 0 Å². The van der Waals surface area contributed by atoms with Crippen LogP contribution in [0.25, 0.3) is 0 Å². The first-order chi connectivity index (χ1) is 8.91. The molecule has 19 heavy (non-hydrogen) atoms. The van der Waals surface area contributed by atoms with Crippen molar-refractivity contribution in [2.45, 2.75) is 37.6 Å². The summed E-state index contributed by atoms with van der Waals surface area (Å²) in [6.45, 7) is 0.403. The van der Waals surface area contributed by atoms with Gasteiger partial charge < -0.3 is 30.3 Å². The second-order valence-corrected chi connectivity index (χ2v) is 4.40. The molecule has 0 saturated carbocycles. The minimum absolute atomic E-state index is 0.0581. The summed E-state index contributed by atoms with van der Waals surface area (Å²) in [6.07, 6.45) is -4.90. The van der Waals surface area contributed by atoms with Crippen molar-refractivity contribution in [3.8, 4) is 0 Å². The Bertz CT molecular complexity index is 369. The summed E-state index contributed by atoms with van der Waals surface area (Å²) in [5, 5.41) is 47.5. The zero-order valence-corrected chi connectivity index (χ0v) is 10.7. The summed E-state index contributed by atoms with van der Waals surface area (Å²) in [7, 11) is 0. The van der Waals surface area contributed by atoms with Gasteiger partial charge in [-0.25, -0.2) is 0 Å². The molecule has 108 valence electrons. The van der Waals surface area contributed by atoms with Crippen LogP contribution in [0, 0.1) is 0 Å². The summed E-state index contributed by atoms with van der Waals surface area (Å²) >= 11 is 0. The Labute approximate surface area is 111 Å². The Morgan fingerprint density at radius 3 is 2.21 bits per heavy atom. The van der Waals surface area contributed by atoms with Crippen LogP contribution in [0.2, 0.25) is 0 Å². The summed E-state index contributed by atoms with van der Waals surface area (Å²) in [5.41, 5.74) is 0.729. The summed E-state index contributed by atoms with van der Waals surface area (Å²) in [5.74, 6) is -2.36. The molecule has 0 saturated heterocycles. The predicted molar refractivity (Wildman–Crippen MR) is 67.0 cm³/mol. The highest BCUT2D eigenvalue weighted by Crippen LogP contribution is 2.22. The van der Waals surface area contributed by atoms with Gasteiger partial charge in [0.25, 0.3) is 0 Å². The lowest BCUT2D eigenvalue weighted by Gasteiger charge is -2.36. The Morgan fingerprint density at radius 2 is 1.74 bits per heavy atom. The minimum Gasteiger partial charge on any atom is -0.394 e. The van der Waals surface area contributed by atoms with Crippen LogP contribution in [0.15, 0.2) is 30.3 Å². The summed E-state index contributed by atoms with van der Waals surface area (Å²) in [6, 6.07) is 8.86. The molecule has 6 heteroatoms. The van der Waals surface area contributed by atoms with Gasteiger partial charge in [-0.3, -0.25) is 0 Å². The monoisotopic (exact) mass is 272 g/mol. The lowest BCUT2D eigenvalue weighted by molar-refractivity contribution is -0.317. The first-order valence-corrected chi connectivity index (χ1v) is 5.97. The van der Waals surface area contributed by atoms with Gasteiger partial charge in [-0.1, -0.05) is 30.3 Å². The molecular weight excluding hydrogens is 252 g/mol. The summed E-state index contributed by atoms with van der Waals surface area (Å²) < 4.78 is 5.15. The molecule has 0 aliphatic heterocycles. The van der Waals surface area contributed by atoms with Gasteiger partial charge in [0.1, 0.15) is 18.3 Å². The number of rotatable bonds is 7. The van der Waals surface area contributed by atoms with Crippen molar-refractivity contribution >= 4 is 0 Å². The van der Waals surface area contributed by atoms with Crippen molar-refractivity contribution in [3.63, 3.8) is 0 Å². The molecule has 1 rings (SSSR count). The van der Waals surface area contributed by atoms with Crippen LogP contribution in [0.5, 0.6) is 0 Å². The average molecular weight is 272 g/mol. The van der Waals surface area contributed by atoms with Gasteiger partial charge in [-0.15, -0.1) is 0 Å². The highest BCUT2D eigenvalue weighted by Gasteiger charge is 2.45. The average Bonchev–Trinajstić information content (AvgIpc) is 2.43. The smallest absolute Gasteiger partial charge is 0.221 e. The molecule has 0 amide bonds. The van der Waals surface area contributed by atoms with E-state index in [1.54, 1.807) is 24.3 Å². The maximum atomic E-state index is 10.1. The predicted octanol–water partition coefficient (Wildman–Crippen LogP) is -1.01. The third kappa shape index (κ3) is 3.97. The van der Waals surface area contributed by atoms with Crippen LogP contribution < -0.4 is 0 Å². The Kier molecular flexibility index (Phi) is 5.86. The molecule has 4 unspecified atom stereocenters. The Balaban J connectivity index is 2.77. The largest absolute Gasteiger partial charge is 0.394 e. The second-order valence-electron chi connectivity index (χ2n) is 4.40. The fourth-order valence-electron chi connectivity index (χ4n) is 1.60. The standard InChI is InChI=1S/C13H20O6/c1-9(15)13(18,12(17)11(16)7-14)19-8-10-5-3-2-4-6-10/h2-6,9,11-12,14-18H,7-8H2,1H3. The maximum absolute atomic E-state index is 10.1. The number of hydrogen-bond donors (Lipinski definition) is 5. The van der Waals surface area contributed by atoms with Gasteiger partial charge in [0.15, 0.2) is 0 Å². The van der Waals surface area contributed by atoms with E-state index in [-0.39, 0.29) is 6.61 Å². The molecule has 0 radical (unpaired) electrons. The van der Waals surface area contributed by atoms with E-state index in [1.165, 1.54) is 6.92 Å². The van der Waals surface area contributed by atoms with Crippen LogP contribution >= 0.6 is 0 Å². The van der Waals surface area contributed by atoms with Gasteiger partial charge in [0.05, 0.1) is 13.2 Å². The van der Waals surface area contributed by atoms with Crippen molar-refractivity contribution < 1.29 is 30.3 Å². The maximum Gasteiger partial charge on any atom is 0.221 e. The fraction of sp³-hybridized carbons (Fsp3) is 0.538. The third-order valence-corrected chi connectivity index (χ3v) is 2.89. The van der Waals surface area contributed by atoms with Gasteiger partial charge in [0.2, 0.25) is 5.79 Å². The van der Waals surface area contributed by atoms with E-state index >= 15 is 0 Å². The van der Waals surface area contributed by atoms with Crippen LogP contribution in [0.4, 0.5) is 0 Å². The van der Waals surface area contributed by atoms with Crippen molar-refractivity contribution in [1.82, 2.24) is 0 Å². The van der Waals surface area contributed by atoms with E-state index in [4.69, 9.17) is 9.84 Å². The normalized spacial score (nSPS) is 19.5. The first-order valence-electron chi connectivity index (χ1n) is 5.97. The van der Waals surface area contributed by atoms with Crippen molar-refractivity contribution in [1.29, 1.82) is 0 Å². The van der Waals surface area contributed by atoms with E-state index in [2.05, 4.69) is 0 Å². The SMILES string of the molecule is CC(O)C(O)(OCc1ccccc1)C(O)C(O)CO. The molecule has 0 fully saturated rings. The van der Waals surface area contributed by atoms with Crippen molar-refractivity contribution in [2.75, 3.05) is 6.61 Å². The Morgan fingerprint density at radius 1 is 1.16 bits per heavy atom. The number of ether oxygens (including phenoxy) is 1. The molecular formula is C13H20O6. The molecule has 6 nitrogen and oxygen atoms in total. The topological polar surface area (TPSA) is 110 Å². The lowest BCUT2D eigenvalue weighted by Crippen LogP contribution is -2.58. The van der Waals surface area contributed by atoms with E-state index in [1.807, 2.05) is 6.07 Å². The quantitative estimate of drug-likeness (QED) is 0.407. The second kappa shape index (κ2) is 6.95. The molecule has 0 aliphatic carbocycles.